The van der Waals surface area contributed by atoms with E-state index < -0.39 is 12.1 Å². The Bertz CT molecular complexity index is 528. The van der Waals surface area contributed by atoms with Gasteiger partial charge in [-0.25, -0.2) is 4.79 Å². The third kappa shape index (κ3) is 3.15. The number of hydrogen-bond acceptors (Lipinski definition) is 6. The summed E-state index contributed by atoms with van der Waals surface area (Å²) in [4.78, 5) is 25.5. The molecule has 0 saturated carbocycles. The average Bonchev–Trinajstić information content (AvgIpc) is 2.87. The second-order valence-electron chi connectivity index (χ2n) is 4.85. The number of morpholine rings is 1. The van der Waals surface area contributed by atoms with E-state index >= 15 is 0 Å². The quantitative estimate of drug-likeness (QED) is 0.754. The molecule has 1 atom stereocenters. The van der Waals surface area contributed by atoms with Gasteiger partial charge in [-0.2, -0.15) is 5.10 Å². The molecule has 3 N–H and O–H groups in total. The number of nitrogen functional groups attached to an aromatic ring is 1. The Balaban J connectivity index is 2.10. The number of carbonyl (C=O) groups is 2. The van der Waals surface area contributed by atoms with Crippen LogP contribution in [0.2, 0.25) is 0 Å². The second-order valence-corrected chi connectivity index (χ2v) is 4.85. The highest BCUT2D eigenvalue weighted by atomic mass is 16.6. The molecule has 1 aromatic rings. The Hall–Kier alpha value is -2.09. The number of aromatic nitrogens is 2. The highest BCUT2D eigenvalue weighted by molar-refractivity contribution is 5.98. The molecule has 116 valence electrons. The van der Waals surface area contributed by atoms with Crippen LogP contribution in [0.3, 0.4) is 0 Å². The molecule has 2 heterocycles. The first-order valence-corrected chi connectivity index (χ1v) is 6.89. The molecule has 1 aromatic heterocycles. The van der Waals surface area contributed by atoms with Gasteiger partial charge in [-0.05, 0) is 6.42 Å². The van der Waals surface area contributed by atoms with Gasteiger partial charge < -0.3 is 20.1 Å². The summed E-state index contributed by atoms with van der Waals surface area (Å²) in [5.74, 6) is -0.794. The summed E-state index contributed by atoms with van der Waals surface area (Å²) in [6.45, 7) is 2.82. The number of esters is 1. The molecule has 1 fully saturated rings. The molecule has 8 heteroatoms. The first-order chi connectivity index (χ1) is 10.1. The zero-order valence-corrected chi connectivity index (χ0v) is 12.2. The standard InChI is InChI=1S/C13H20N4O4/c1-3-4-8-10(14)11(16-15-8)12(18)17-5-6-21-9(7-17)13(19)20-2/h9H,3-7,14H2,1-2H3,(H,15,16). The Labute approximate surface area is 122 Å². The van der Waals surface area contributed by atoms with E-state index in [9.17, 15) is 9.59 Å². The van der Waals surface area contributed by atoms with Crippen LogP contribution < -0.4 is 5.73 Å². The fourth-order valence-corrected chi connectivity index (χ4v) is 2.25. The van der Waals surface area contributed by atoms with Gasteiger partial charge in [0.2, 0.25) is 0 Å². The van der Waals surface area contributed by atoms with Crippen molar-refractivity contribution in [1.29, 1.82) is 0 Å². The summed E-state index contributed by atoms with van der Waals surface area (Å²) in [7, 11) is 1.29. The molecule has 0 aliphatic carbocycles. The number of rotatable bonds is 4. The maximum Gasteiger partial charge on any atom is 0.336 e. The summed E-state index contributed by atoms with van der Waals surface area (Å²) in [5, 5.41) is 6.80. The first-order valence-electron chi connectivity index (χ1n) is 6.89. The number of methoxy groups -OCH3 is 1. The van der Waals surface area contributed by atoms with Gasteiger partial charge in [0.1, 0.15) is 0 Å². The van der Waals surface area contributed by atoms with Gasteiger partial charge in [0.15, 0.2) is 11.8 Å². The van der Waals surface area contributed by atoms with Gasteiger partial charge in [0, 0.05) is 6.54 Å². The lowest BCUT2D eigenvalue weighted by molar-refractivity contribution is -0.158. The number of anilines is 1. The summed E-state index contributed by atoms with van der Waals surface area (Å²) >= 11 is 0. The predicted octanol–water partition coefficient (Wildman–Crippen LogP) is -0.0416. The minimum atomic E-state index is -0.761. The molecule has 1 aliphatic rings. The van der Waals surface area contributed by atoms with E-state index in [1.54, 1.807) is 0 Å². The lowest BCUT2D eigenvalue weighted by Gasteiger charge is -2.31. The van der Waals surface area contributed by atoms with Crippen molar-refractivity contribution in [2.45, 2.75) is 25.9 Å². The minimum Gasteiger partial charge on any atom is -0.467 e. The van der Waals surface area contributed by atoms with Crippen molar-refractivity contribution in [1.82, 2.24) is 15.1 Å². The van der Waals surface area contributed by atoms with Crippen molar-refractivity contribution in [2.24, 2.45) is 0 Å². The number of nitrogens with zero attached hydrogens (tertiary/aromatic N) is 2. The van der Waals surface area contributed by atoms with E-state index in [0.29, 0.717) is 12.2 Å². The number of nitrogens with two attached hydrogens (primary N) is 1. The normalized spacial score (nSPS) is 18.6. The van der Waals surface area contributed by atoms with E-state index in [1.807, 2.05) is 6.92 Å². The molecule has 0 spiro atoms. The number of amides is 1. The second kappa shape index (κ2) is 6.57. The number of carbonyl (C=O) groups excluding carboxylic acids is 2. The SMILES string of the molecule is CCCc1[nH]nc(C(=O)N2CCOC(C(=O)OC)C2)c1N. The van der Waals surface area contributed by atoms with Gasteiger partial charge >= 0.3 is 5.97 Å². The summed E-state index contributed by atoms with van der Waals surface area (Å²) in [6.07, 6.45) is 0.880. The number of nitrogens with one attached hydrogen (secondary N) is 1. The van der Waals surface area contributed by atoms with Gasteiger partial charge in [0.25, 0.3) is 5.91 Å². The van der Waals surface area contributed by atoms with Crippen LogP contribution in [0.5, 0.6) is 0 Å². The largest absolute Gasteiger partial charge is 0.467 e. The molecule has 8 nitrogen and oxygen atoms in total. The topological polar surface area (TPSA) is 111 Å². The van der Waals surface area contributed by atoms with Gasteiger partial charge in [-0.15, -0.1) is 0 Å². The van der Waals surface area contributed by atoms with Gasteiger partial charge in [0.05, 0.1) is 31.6 Å². The minimum absolute atomic E-state index is 0.140. The third-order valence-electron chi connectivity index (χ3n) is 3.40. The first kappa shape index (κ1) is 15.3. The lowest BCUT2D eigenvalue weighted by atomic mass is 10.2. The van der Waals surface area contributed by atoms with Gasteiger partial charge in [-0.3, -0.25) is 9.89 Å². The Morgan fingerprint density at radius 1 is 1.57 bits per heavy atom. The van der Waals surface area contributed by atoms with Crippen molar-refractivity contribution in [3.63, 3.8) is 0 Å². The van der Waals surface area contributed by atoms with Crippen LogP contribution in [0, 0.1) is 0 Å². The maximum atomic E-state index is 12.5. The molecule has 0 radical (unpaired) electrons. The summed E-state index contributed by atoms with van der Waals surface area (Å²) in [6, 6.07) is 0. The van der Waals surface area contributed by atoms with E-state index in [-0.39, 0.29) is 24.8 Å². The molecule has 1 aliphatic heterocycles. The zero-order valence-electron chi connectivity index (χ0n) is 12.2. The molecular weight excluding hydrogens is 276 g/mol. The number of H-pyrrole nitrogens is 1. The number of aryl methyl sites for hydroxylation is 1. The third-order valence-corrected chi connectivity index (χ3v) is 3.40. The van der Waals surface area contributed by atoms with E-state index in [0.717, 1.165) is 18.5 Å². The molecule has 0 bridgehead atoms. The zero-order chi connectivity index (χ0) is 15.4. The average molecular weight is 296 g/mol. The highest BCUT2D eigenvalue weighted by Gasteiger charge is 2.32. The van der Waals surface area contributed by atoms with Crippen molar-refractivity contribution < 1.29 is 19.1 Å². The van der Waals surface area contributed by atoms with Gasteiger partial charge in [-0.1, -0.05) is 13.3 Å². The van der Waals surface area contributed by atoms with Crippen molar-refractivity contribution in [3.8, 4) is 0 Å². The summed E-state index contributed by atoms with van der Waals surface area (Å²) in [5.41, 5.74) is 7.29. The van der Waals surface area contributed by atoms with Crippen molar-refractivity contribution in [2.75, 3.05) is 32.5 Å². The van der Waals surface area contributed by atoms with Crippen LogP contribution >= 0.6 is 0 Å². The maximum absolute atomic E-state index is 12.5. The predicted molar refractivity (Wildman–Crippen MR) is 74.7 cm³/mol. The van der Waals surface area contributed by atoms with Crippen molar-refractivity contribution >= 4 is 17.6 Å². The van der Waals surface area contributed by atoms with Crippen LogP contribution in [-0.4, -0.2) is 59.9 Å². The molecule has 1 amide bonds. The molecule has 1 unspecified atom stereocenters. The van der Waals surface area contributed by atoms with Crippen LogP contribution in [-0.2, 0) is 20.7 Å². The fraction of sp³-hybridized carbons (Fsp3) is 0.615. The van der Waals surface area contributed by atoms with Crippen LogP contribution in [0.4, 0.5) is 5.69 Å². The lowest BCUT2D eigenvalue weighted by Crippen LogP contribution is -2.49. The molecule has 2 rings (SSSR count). The van der Waals surface area contributed by atoms with E-state index in [4.69, 9.17) is 10.5 Å². The van der Waals surface area contributed by atoms with E-state index in [2.05, 4.69) is 14.9 Å². The molecule has 1 saturated heterocycles. The molecule has 0 aromatic carbocycles. The smallest absolute Gasteiger partial charge is 0.336 e. The number of hydrogen-bond donors (Lipinski definition) is 2. The van der Waals surface area contributed by atoms with Crippen molar-refractivity contribution in [3.05, 3.63) is 11.4 Å². The summed E-state index contributed by atoms with van der Waals surface area (Å²) < 4.78 is 9.93. The van der Waals surface area contributed by atoms with Crippen LogP contribution in [0.25, 0.3) is 0 Å². The fourth-order valence-electron chi connectivity index (χ4n) is 2.25. The molecule has 21 heavy (non-hydrogen) atoms. The van der Waals surface area contributed by atoms with Crippen LogP contribution in [0.15, 0.2) is 0 Å². The van der Waals surface area contributed by atoms with Crippen LogP contribution in [0.1, 0.15) is 29.5 Å². The number of aromatic amines is 1. The molecular formula is C13H20N4O4. The number of ether oxygens (including phenoxy) is 2. The Kier molecular flexibility index (Phi) is 4.79. The Morgan fingerprint density at radius 2 is 2.33 bits per heavy atom. The van der Waals surface area contributed by atoms with E-state index in [1.165, 1.54) is 12.0 Å². The highest BCUT2D eigenvalue weighted by Crippen LogP contribution is 2.19. The monoisotopic (exact) mass is 296 g/mol. The Morgan fingerprint density at radius 3 is 3.00 bits per heavy atom.